The molecule has 6 heteroatoms. The maximum absolute atomic E-state index is 11.8. The third kappa shape index (κ3) is 6.33. The molecule has 1 atom stereocenters. The summed E-state index contributed by atoms with van der Waals surface area (Å²) in [5, 5.41) is 13.9. The quantitative estimate of drug-likeness (QED) is 0.735. The predicted molar refractivity (Wildman–Crippen MR) is 74.5 cm³/mol. The Labute approximate surface area is 115 Å². The summed E-state index contributed by atoms with van der Waals surface area (Å²) in [5.41, 5.74) is 0.836. The highest BCUT2D eigenvalue weighted by Gasteiger charge is 2.10. The highest BCUT2D eigenvalue weighted by atomic mass is 16.2. The summed E-state index contributed by atoms with van der Waals surface area (Å²) < 4.78 is 1.57. The Bertz CT molecular complexity index is 388. The molecule has 6 nitrogen and oxygen atoms in total. The number of nitrogens with one attached hydrogen (secondary N) is 2. The molecule has 0 fully saturated rings. The monoisotopic (exact) mass is 267 g/mol. The normalized spacial score (nSPS) is 12.7. The molecule has 0 spiro atoms. The van der Waals surface area contributed by atoms with Gasteiger partial charge in [-0.1, -0.05) is 19.1 Å². The zero-order valence-electron chi connectivity index (χ0n) is 12.3. The van der Waals surface area contributed by atoms with Gasteiger partial charge in [0.25, 0.3) is 0 Å². The van der Waals surface area contributed by atoms with Gasteiger partial charge in [-0.3, -0.25) is 4.79 Å². The highest BCUT2D eigenvalue weighted by molar-refractivity contribution is 5.75. The van der Waals surface area contributed by atoms with Gasteiger partial charge >= 0.3 is 0 Å². The van der Waals surface area contributed by atoms with Gasteiger partial charge in [-0.25, -0.2) is 4.68 Å². The molecule has 0 bridgehead atoms. The summed E-state index contributed by atoms with van der Waals surface area (Å²) in [5.74, 6) is 0.649. The number of carbonyl (C=O) groups is 1. The van der Waals surface area contributed by atoms with E-state index in [0.29, 0.717) is 12.5 Å². The summed E-state index contributed by atoms with van der Waals surface area (Å²) >= 11 is 0. The molecule has 0 aliphatic carbocycles. The van der Waals surface area contributed by atoms with Crippen molar-refractivity contribution in [2.75, 3.05) is 7.05 Å². The lowest BCUT2D eigenvalue weighted by atomic mass is 10.0. The van der Waals surface area contributed by atoms with Crippen LogP contribution in [0.5, 0.6) is 0 Å². The van der Waals surface area contributed by atoms with Crippen LogP contribution in [0.3, 0.4) is 0 Å². The van der Waals surface area contributed by atoms with Crippen LogP contribution < -0.4 is 10.6 Å². The third-order valence-electron chi connectivity index (χ3n) is 2.83. The second kappa shape index (κ2) is 7.89. The van der Waals surface area contributed by atoms with Gasteiger partial charge in [-0.2, -0.15) is 0 Å². The summed E-state index contributed by atoms with van der Waals surface area (Å²) in [6.45, 7) is 7.30. The minimum absolute atomic E-state index is 0.0165. The molecule has 1 aromatic rings. The van der Waals surface area contributed by atoms with Crippen LogP contribution in [0.15, 0.2) is 6.20 Å². The van der Waals surface area contributed by atoms with E-state index in [9.17, 15) is 4.79 Å². The summed E-state index contributed by atoms with van der Waals surface area (Å²) in [6.07, 6.45) is 3.91. The number of hydrogen-bond donors (Lipinski definition) is 2. The van der Waals surface area contributed by atoms with Crippen molar-refractivity contribution in [3.05, 3.63) is 11.9 Å². The smallest absolute Gasteiger partial charge is 0.242 e. The molecule has 2 N–H and O–H groups in total. The number of aromatic nitrogens is 3. The third-order valence-corrected chi connectivity index (χ3v) is 2.83. The van der Waals surface area contributed by atoms with Gasteiger partial charge in [-0.15, -0.1) is 5.10 Å². The maximum atomic E-state index is 11.8. The minimum Gasteiger partial charge on any atom is -0.352 e. The highest BCUT2D eigenvalue weighted by Crippen LogP contribution is 2.06. The molecule has 1 heterocycles. The van der Waals surface area contributed by atoms with Crippen LogP contribution in [0.4, 0.5) is 0 Å². The van der Waals surface area contributed by atoms with Crippen molar-refractivity contribution in [1.82, 2.24) is 25.6 Å². The van der Waals surface area contributed by atoms with Crippen LogP contribution in [0, 0.1) is 5.92 Å². The topological polar surface area (TPSA) is 71.8 Å². The summed E-state index contributed by atoms with van der Waals surface area (Å²) in [6, 6.07) is 0.204. The van der Waals surface area contributed by atoms with Crippen molar-refractivity contribution in [3.63, 3.8) is 0 Å². The van der Waals surface area contributed by atoms with Crippen molar-refractivity contribution in [3.8, 4) is 0 Å². The fraction of sp³-hybridized carbons (Fsp3) is 0.769. The zero-order chi connectivity index (χ0) is 14.3. The number of amides is 1. The molecule has 108 valence electrons. The zero-order valence-corrected chi connectivity index (χ0v) is 12.3. The van der Waals surface area contributed by atoms with Crippen LogP contribution in [0.2, 0.25) is 0 Å². The molecular weight excluding hydrogens is 242 g/mol. The van der Waals surface area contributed by atoms with Crippen molar-refractivity contribution in [2.45, 2.75) is 52.7 Å². The van der Waals surface area contributed by atoms with Gasteiger partial charge in [0.1, 0.15) is 6.54 Å². The lowest BCUT2D eigenvalue weighted by Gasteiger charge is -2.14. The Morgan fingerprint density at radius 2 is 2.11 bits per heavy atom. The van der Waals surface area contributed by atoms with Crippen LogP contribution in [-0.2, 0) is 17.9 Å². The van der Waals surface area contributed by atoms with Gasteiger partial charge in [-0.05, 0) is 32.7 Å². The van der Waals surface area contributed by atoms with E-state index in [0.717, 1.165) is 18.5 Å². The number of carbonyl (C=O) groups excluding carboxylic acids is 1. The van der Waals surface area contributed by atoms with Gasteiger partial charge in [0.15, 0.2) is 0 Å². The van der Waals surface area contributed by atoms with Crippen molar-refractivity contribution in [2.24, 2.45) is 5.92 Å². The van der Waals surface area contributed by atoms with Crippen molar-refractivity contribution >= 4 is 5.91 Å². The molecule has 1 amide bonds. The molecule has 0 aliphatic rings. The van der Waals surface area contributed by atoms with Gasteiger partial charge in [0, 0.05) is 12.6 Å². The first-order valence-corrected chi connectivity index (χ1v) is 6.84. The molecule has 0 saturated carbocycles. The number of rotatable bonds is 8. The molecule has 0 aliphatic heterocycles. The summed E-state index contributed by atoms with van der Waals surface area (Å²) in [7, 11) is 1.85. The largest absolute Gasteiger partial charge is 0.352 e. The standard InChI is InChI=1S/C13H25N5O/c1-10(2)5-6-11(3)15-13(19)9-18-8-12(7-14-4)16-17-18/h8,10-11,14H,5-7,9H2,1-4H3,(H,15,19). The molecule has 1 unspecified atom stereocenters. The van der Waals surface area contributed by atoms with Crippen molar-refractivity contribution in [1.29, 1.82) is 0 Å². The van der Waals surface area contributed by atoms with Crippen LogP contribution >= 0.6 is 0 Å². The van der Waals surface area contributed by atoms with Crippen LogP contribution in [0.25, 0.3) is 0 Å². The van der Waals surface area contributed by atoms with Gasteiger partial charge < -0.3 is 10.6 Å². The molecule has 1 rings (SSSR count). The SMILES string of the molecule is CNCc1cn(CC(=O)NC(C)CCC(C)C)nn1. The first-order valence-electron chi connectivity index (χ1n) is 6.84. The maximum Gasteiger partial charge on any atom is 0.242 e. The van der Waals surface area contributed by atoms with E-state index < -0.39 is 0 Å². The van der Waals surface area contributed by atoms with E-state index in [-0.39, 0.29) is 18.5 Å². The van der Waals surface area contributed by atoms with E-state index in [2.05, 4.69) is 34.8 Å². The van der Waals surface area contributed by atoms with Crippen molar-refractivity contribution < 1.29 is 4.79 Å². The Morgan fingerprint density at radius 3 is 2.74 bits per heavy atom. The van der Waals surface area contributed by atoms with Gasteiger partial charge in [0.05, 0.1) is 11.9 Å². The van der Waals surface area contributed by atoms with E-state index in [1.54, 1.807) is 10.9 Å². The molecule has 0 radical (unpaired) electrons. The average Bonchev–Trinajstić information content (AvgIpc) is 2.74. The molecular formula is C13H25N5O. The molecule has 0 saturated heterocycles. The van der Waals surface area contributed by atoms with E-state index in [4.69, 9.17) is 0 Å². The van der Waals surface area contributed by atoms with Crippen LogP contribution in [0.1, 0.15) is 39.3 Å². The minimum atomic E-state index is -0.0165. The molecule has 0 aromatic carbocycles. The van der Waals surface area contributed by atoms with E-state index in [1.807, 2.05) is 14.0 Å². The van der Waals surface area contributed by atoms with E-state index >= 15 is 0 Å². The Hall–Kier alpha value is -1.43. The first kappa shape index (κ1) is 15.6. The lowest BCUT2D eigenvalue weighted by Crippen LogP contribution is -2.35. The van der Waals surface area contributed by atoms with E-state index in [1.165, 1.54) is 0 Å². The fourth-order valence-electron chi connectivity index (χ4n) is 1.80. The Balaban J connectivity index is 2.33. The lowest BCUT2D eigenvalue weighted by molar-refractivity contribution is -0.122. The molecule has 19 heavy (non-hydrogen) atoms. The second-order valence-electron chi connectivity index (χ2n) is 5.38. The summed E-state index contributed by atoms with van der Waals surface area (Å²) in [4.78, 5) is 11.8. The fourth-order valence-corrected chi connectivity index (χ4v) is 1.80. The predicted octanol–water partition coefficient (Wildman–Crippen LogP) is 0.938. The van der Waals surface area contributed by atoms with Crippen LogP contribution in [-0.4, -0.2) is 34.0 Å². The molecule has 1 aromatic heterocycles. The first-order chi connectivity index (χ1) is 9.01. The number of hydrogen-bond acceptors (Lipinski definition) is 4. The van der Waals surface area contributed by atoms with Gasteiger partial charge in [0.2, 0.25) is 5.91 Å². The average molecular weight is 267 g/mol. The number of nitrogens with zero attached hydrogens (tertiary/aromatic N) is 3. The Kier molecular flexibility index (Phi) is 6.49. The Morgan fingerprint density at radius 1 is 1.37 bits per heavy atom. The second-order valence-corrected chi connectivity index (χ2v) is 5.38.